The minimum Gasteiger partial charge on any atom is -0.497 e. The van der Waals surface area contributed by atoms with Gasteiger partial charge in [-0.2, -0.15) is 0 Å². The third kappa shape index (κ3) is 3.51. The van der Waals surface area contributed by atoms with Gasteiger partial charge in [-0.05, 0) is 38.5 Å². The van der Waals surface area contributed by atoms with Crippen LogP contribution >= 0.6 is 0 Å². The van der Waals surface area contributed by atoms with E-state index in [1.54, 1.807) is 7.11 Å². The molecule has 1 saturated heterocycles. The highest BCUT2D eigenvalue weighted by Gasteiger charge is 2.33. The lowest BCUT2D eigenvalue weighted by molar-refractivity contribution is -0.0995. The average Bonchev–Trinajstić information content (AvgIpc) is 2.37. The Balaban J connectivity index is 2.26. The third-order valence-electron chi connectivity index (χ3n) is 3.78. The van der Waals surface area contributed by atoms with Crippen LogP contribution in [0.1, 0.15) is 32.4 Å². The van der Waals surface area contributed by atoms with E-state index in [-0.39, 0.29) is 17.7 Å². The minimum absolute atomic E-state index is 0.0519. The number of rotatable bonds is 4. The molecule has 0 aliphatic carbocycles. The molecule has 2 unspecified atom stereocenters. The molecule has 112 valence electrons. The molecule has 1 aromatic carbocycles. The van der Waals surface area contributed by atoms with E-state index < -0.39 is 0 Å². The van der Waals surface area contributed by atoms with Crippen molar-refractivity contribution in [1.82, 2.24) is 4.90 Å². The molecule has 2 atom stereocenters. The quantitative estimate of drug-likeness (QED) is 0.917. The monoisotopic (exact) mass is 278 g/mol. The van der Waals surface area contributed by atoms with Gasteiger partial charge in [0.25, 0.3) is 0 Å². The number of benzene rings is 1. The molecule has 0 saturated carbocycles. The maximum absolute atomic E-state index is 6.26. The maximum Gasteiger partial charge on any atom is 0.119 e. The van der Waals surface area contributed by atoms with Gasteiger partial charge in [-0.15, -0.1) is 0 Å². The minimum atomic E-state index is -0.121. The summed E-state index contributed by atoms with van der Waals surface area (Å²) in [6, 6.07) is 8.43. The third-order valence-corrected chi connectivity index (χ3v) is 3.78. The van der Waals surface area contributed by atoms with Crippen LogP contribution in [0.5, 0.6) is 5.75 Å². The van der Waals surface area contributed by atoms with Gasteiger partial charge in [-0.3, -0.25) is 4.90 Å². The molecule has 1 fully saturated rings. The molecule has 20 heavy (non-hydrogen) atoms. The highest BCUT2D eigenvalue weighted by molar-refractivity contribution is 5.31. The van der Waals surface area contributed by atoms with E-state index >= 15 is 0 Å². The van der Waals surface area contributed by atoms with Gasteiger partial charge in [0.2, 0.25) is 0 Å². The Morgan fingerprint density at radius 1 is 1.40 bits per heavy atom. The summed E-state index contributed by atoms with van der Waals surface area (Å²) in [7, 11) is 1.69. The van der Waals surface area contributed by atoms with Crippen molar-refractivity contribution in [2.24, 2.45) is 5.73 Å². The van der Waals surface area contributed by atoms with E-state index in [1.165, 1.54) is 5.56 Å². The van der Waals surface area contributed by atoms with Crippen LogP contribution < -0.4 is 10.5 Å². The summed E-state index contributed by atoms with van der Waals surface area (Å²) >= 11 is 0. The zero-order valence-electron chi connectivity index (χ0n) is 12.9. The smallest absolute Gasteiger partial charge is 0.119 e. The molecule has 0 spiro atoms. The number of hydrogen-bond donors (Lipinski definition) is 1. The molecule has 2 N–H and O–H groups in total. The Bertz CT molecular complexity index is 446. The second-order valence-electron chi connectivity index (χ2n) is 6.16. The fourth-order valence-corrected chi connectivity index (χ4v) is 2.96. The van der Waals surface area contributed by atoms with Crippen molar-refractivity contribution in [2.75, 3.05) is 26.8 Å². The van der Waals surface area contributed by atoms with Crippen molar-refractivity contribution in [3.8, 4) is 5.75 Å². The predicted molar refractivity (Wildman–Crippen MR) is 81.0 cm³/mol. The van der Waals surface area contributed by atoms with Gasteiger partial charge in [-0.25, -0.2) is 0 Å². The molecule has 1 heterocycles. The summed E-state index contributed by atoms with van der Waals surface area (Å²) in [6.07, 6.45) is 0. The Kier molecular flexibility index (Phi) is 4.68. The number of nitrogens with zero attached hydrogens (tertiary/aromatic N) is 1. The summed E-state index contributed by atoms with van der Waals surface area (Å²) in [4.78, 5) is 2.42. The molecule has 1 aromatic rings. The van der Waals surface area contributed by atoms with E-state index in [1.807, 2.05) is 12.1 Å². The van der Waals surface area contributed by atoms with Crippen LogP contribution in [0.25, 0.3) is 0 Å². The normalized spacial score (nSPS) is 22.2. The number of nitrogens with two attached hydrogens (primary N) is 1. The zero-order chi connectivity index (χ0) is 14.8. The second-order valence-corrected chi connectivity index (χ2v) is 6.16. The average molecular weight is 278 g/mol. The number of methoxy groups -OCH3 is 1. The first-order chi connectivity index (χ1) is 9.43. The molecule has 1 aliphatic rings. The fraction of sp³-hybridized carbons (Fsp3) is 0.625. The Morgan fingerprint density at radius 2 is 2.15 bits per heavy atom. The zero-order valence-corrected chi connectivity index (χ0v) is 12.9. The molecule has 4 heteroatoms. The Morgan fingerprint density at radius 3 is 2.75 bits per heavy atom. The topological polar surface area (TPSA) is 47.7 Å². The Hall–Kier alpha value is -1.10. The molecule has 0 aromatic heterocycles. The highest BCUT2D eigenvalue weighted by Crippen LogP contribution is 2.30. The van der Waals surface area contributed by atoms with E-state index in [9.17, 15) is 0 Å². The van der Waals surface area contributed by atoms with Gasteiger partial charge in [0.05, 0.1) is 19.3 Å². The van der Waals surface area contributed by atoms with Crippen molar-refractivity contribution in [3.05, 3.63) is 29.8 Å². The van der Waals surface area contributed by atoms with Gasteiger partial charge in [-0.1, -0.05) is 12.1 Å². The molecule has 0 amide bonds. The summed E-state index contributed by atoms with van der Waals surface area (Å²) in [5, 5.41) is 0. The van der Waals surface area contributed by atoms with Crippen LogP contribution in [-0.4, -0.2) is 43.3 Å². The van der Waals surface area contributed by atoms with Gasteiger partial charge in [0, 0.05) is 25.2 Å². The molecule has 4 nitrogen and oxygen atoms in total. The lowest BCUT2D eigenvalue weighted by atomic mass is 9.96. The van der Waals surface area contributed by atoms with Gasteiger partial charge < -0.3 is 15.2 Å². The number of hydrogen-bond acceptors (Lipinski definition) is 4. The predicted octanol–water partition coefficient (Wildman–Crippen LogP) is 2.19. The van der Waals surface area contributed by atoms with Gasteiger partial charge in [0.15, 0.2) is 0 Å². The summed E-state index contributed by atoms with van der Waals surface area (Å²) in [5.74, 6) is 0.876. The summed E-state index contributed by atoms with van der Waals surface area (Å²) < 4.78 is 11.1. The molecular weight excluding hydrogens is 252 g/mol. The van der Waals surface area contributed by atoms with Crippen LogP contribution in [0.15, 0.2) is 24.3 Å². The van der Waals surface area contributed by atoms with Crippen LogP contribution in [0.3, 0.4) is 0 Å². The van der Waals surface area contributed by atoms with Crippen LogP contribution in [-0.2, 0) is 4.74 Å². The van der Waals surface area contributed by atoms with Crippen molar-refractivity contribution < 1.29 is 9.47 Å². The van der Waals surface area contributed by atoms with Gasteiger partial charge in [0.1, 0.15) is 5.75 Å². The van der Waals surface area contributed by atoms with Gasteiger partial charge >= 0.3 is 0 Å². The van der Waals surface area contributed by atoms with Crippen molar-refractivity contribution >= 4 is 0 Å². The SMILES string of the molecule is COc1cccc(C(C(C)N)N2CCOC(C)(C)C2)c1. The second kappa shape index (κ2) is 6.12. The van der Waals surface area contributed by atoms with E-state index in [0.717, 1.165) is 25.4 Å². The van der Waals surface area contributed by atoms with E-state index in [4.69, 9.17) is 15.2 Å². The van der Waals surface area contributed by atoms with Crippen molar-refractivity contribution in [2.45, 2.75) is 38.5 Å². The lowest BCUT2D eigenvalue weighted by Crippen LogP contribution is -2.52. The van der Waals surface area contributed by atoms with Crippen molar-refractivity contribution in [3.63, 3.8) is 0 Å². The highest BCUT2D eigenvalue weighted by atomic mass is 16.5. The largest absolute Gasteiger partial charge is 0.497 e. The van der Waals surface area contributed by atoms with Crippen LogP contribution in [0.4, 0.5) is 0 Å². The standard InChI is InChI=1S/C16H26N2O2/c1-12(17)15(13-6-5-7-14(10-13)19-4)18-8-9-20-16(2,3)11-18/h5-7,10,12,15H,8-9,11,17H2,1-4H3. The Labute approximate surface area is 121 Å². The van der Waals surface area contributed by atoms with Crippen molar-refractivity contribution in [1.29, 1.82) is 0 Å². The molecule has 0 radical (unpaired) electrons. The first-order valence-electron chi connectivity index (χ1n) is 7.20. The number of morpholine rings is 1. The summed E-state index contributed by atoms with van der Waals surface area (Å²) in [6.45, 7) is 8.86. The van der Waals surface area contributed by atoms with E-state index in [2.05, 4.69) is 37.8 Å². The van der Waals surface area contributed by atoms with Crippen LogP contribution in [0, 0.1) is 0 Å². The number of ether oxygens (including phenoxy) is 2. The molecule has 0 bridgehead atoms. The maximum atomic E-state index is 6.26. The lowest BCUT2D eigenvalue weighted by Gasteiger charge is -2.43. The first kappa shape index (κ1) is 15.3. The molecule has 2 rings (SSSR count). The van der Waals surface area contributed by atoms with E-state index in [0.29, 0.717) is 0 Å². The fourth-order valence-electron chi connectivity index (χ4n) is 2.96. The first-order valence-corrected chi connectivity index (χ1v) is 7.20. The molecular formula is C16H26N2O2. The summed E-state index contributed by atoms with van der Waals surface area (Å²) in [5.41, 5.74) is 7.34. The van der Waals surface area contributed by atoms with Crippen LogP contribution in [0.2, 0.25) is 0 Å². The molecule has 1 aliphatic heterocycles.